The van der Waals surface area contributed by atoms with Crippen LogP contribution in [0.4, 0.5) is 18.9 Å². The van der Waals surface area contributed by atoms with Crippen molar-refractivity contribution in [2.45, 2.75) is 32.0 Å². The van der Waals surface area contributed by atoms with Gasteiger partial charge < -0.3 is 20.3 Å². The van der Waals surface area contributed by atoms with Crippen molar-refractivity contribution in [3.05, 3.63) is 23.2 Å². The Hall–Kier alpha value is -1.83. The third-order valence-electron chi connectivity index (χ3n) is 4.02. The van der Waals surface area contributed by atoms with Gasteiger partial charge >= 0.3 is 6.18 Å². The number of halogens is 4. The maximum atomic E-state index is 12.3. The number of alkyl halides is 3. The SMILES string of the molecule is CCNC(=NCCC(F)(F)F)NC1CCN(c2cc(Cl)ccc2OC)C1. The molecule has 1 aliphatic heterocycles. The number of benzene rings is 1. The fourth-order valence-electron chi connectivity index (χ4n) is 2.82. The van der Waals surface area contributed by atoms with Crippen LogP contribution in [0.25, 0.3) is 0 Å². The summed E-state index contributed by atoms with van der Waals surface area (Å²) in [5.41, 5.74) is 0.906. The van der Waals surface area contributed by atoms with Gasteiger partial charge in [-0.1, -0.05) is 11.6 Å². The first kappa shape index (κ1) is 20.5. The topological polar surface area (TPSA) is 48.9 Å². The molecule has 5 nitrogen and oxygen atoms in total. The van der Waals surface area contributed by atoms with E-state index in [9.17, 15) is 13.2 Å². The second-order valence-corrected chi connectivity index (χ2v) is 6.45. The zero-order chi connectivity index (χ0) is 19.2. The third-order valence-corrected chi connectivity index (χ3v) is 4.26. The molecule has 9 heteroatoms. The Balaban J connectivity index is 1.98. The van der Waals surface area contributed by atoms with E-state index in [1.54, 1.807) is 13.2 Å². The van der Waals surface area contributed by atoms with Gasteiger partial charge in [-0.2, -0.15) is 13.2 Å². The van der Waals surface area contributed by atoms with Crippen LogP contribution in [0, 0.1) is 0 Å². The van der Waals surface area contributed by atoms with Crippen LogP contribution in [0.15, 0.2) is 23.2 Å². The molecular weight excluding hydrogens is 369 g/mol. The summed E-state index contributed by atoms with van der Waals surface area (Å²) >= 11 is 6.09. The lowest BCUT2D eigenvalue weighted by atomic mass is 10.2. The highest BCUT2D eigenvalue weighted by Crippen LogP contribution is 2.33. The maximum Gasteiger partial charge on any atom is 0.390 e. The van der Waals surface area contributed by atoms with Gasteiger partial charge in [-0.15, -0.1) is 0 Å². The number of anilines is 1. The first-order chi connectivity index (χ1) is 12.3. The first-order valence-electron chi connectivity index (χ1n) is 8.52. The number of nitrogens with zero attached hydrogens (tertiary/aromatic N) is 2. The highest BCUT2D eigenvalue weighted by molar-refractivity contribution is 6.30. The lowest BCUT2D eigenvalue weighted by Crippen LogP contribution is -2.44. The Kier molecular flexibility index (Phi) is 7.25. The molecule has 2 N–H and O–H groups in total. The molecule has 1 saturated heterocycles. The molecule has 2 rings (SSSR count). The summed E-state index contributed by atoms with van der Waals surface area (Å²) in [6, 6.07) is 5.51. The molecule has 1 fully saturated rings. The predicted octanol–water partition coefficient (Wildman–Crippen LogP) is 3.43. The van der Waals surface area contributed by atoms with E-state index in [0.717, 1.165) is 24.4 Å². The number of hydrogen-bond donors (Lipinski definition) is 2. The zero-order valence-corrected chi connectivity index (χ0v) is 15.6. The number of aliphatic imine (C=N–C) groups is 1. The van der Waals surface area contributed by atoms with Gasteiger partial charge in [-0.25, -0.2) is 0 Å². The van der Waals surface area contributed by atoms with Gasteiger partial charge in [0.15, 0.2) is 5.96 Å². The van der Waals surface area contributed by atoms with Gasteiger partial charge in [0.2, 0.25) is 0 Å². The van der Waals surface area contributed by atoms with Gasteiger partial charge in [0.25, 0.3) is 0 Å². The van der Waals surface area contributed by atoms with Gasteiger partial charge in [-0.05, 0) is 31.5 Å². The van der Waals surface area contributed by atoms with E-state index in [4.69, 9.17) is 16.3 Å². The highest BCUT2D eigenvalue weighted by atomic mass is 35.5. The average molecular weight is 393 g/mol. The van der Waals surface area contributed by atoms with Crippen LogP contribution in [0.3, 0.4) is 0 Å². The van der Waals surface area contributed by atoms with Gasteiger partial charge in [-0.3, -0.25) is 4.99 Å². The molecule has 1 aromatic rings. The molecule has 0 aromatic heterocycles. The van der Waals surface area contributed by atoms with E-state index in [1.807, 2.05) is 19.1 Å². The Morgan fingerprint density at radius 2 is 2.19 bits per heavy atom. The summed E-state index contributed by atoms with van der Waals surface area (Å²) < 4.78 is 42.3. The maximum absolute atomic E-state index is 12.3. The molecule has 1 atom stereocenters. The van der Waals surface area contributed by atoms with Crippen molar-refractivity contribution >= 4 is 23.2 Å². The Morgan fingerprint density at radius 1 is 1.42 bits per heavy atom. The predicted molar refractivity (Wildman–Crippen MR) is 98.4 cm³/mol. The minimum Gasteiger partial charge on any atom is -0.495 e. The van der Waals surface area contributed by atoms with E-state index in [-0.39, 0.29) is 12.6 Å². The summed E-state index contributed by atoms with van der Waals surface area (Å²) in [6.07, 6.45) is -4.30. The van der Waals surface area contributed by atoms with Gasteiger partial charge in [0, 0.05) is 30.7 Å². The molecule has 1 aliphatic rings. The molecular formula is C17H24ClF3N4O. The number of ether oxygens (including phenoxy) is 1. The quantitative estimate of drug-likeness (QED) is 0.575. The zero-order valence-electron chi connectivity index (χ0n) is 14.9. The van der Waals surface area contributed by atoms with Crippen molar-refractivity contribution < 1.29 is 17.9 Å². The van der Waals surface area contributed by atoms with Crippen LogP contribution in [-0.2, 0) is 0 Å². The Bertz CT molecular complexity index is 625. The van der Waals surface area contributed by atoms with E-state index in [2.05, 4.69) is 20.5 Å². The van der Waals surface area contributed by atoms with Crippen molar-refractivity contribution in [1.29, 1.82) is 0 Å². The molecule has 1 heterocycles. The Morgan fingerprint density at radius 3 is 2.85 bits per heavy atom. The summed E-state index contributed by atoms with van der Waals surface area (Å²) in [4.78, 5) is 6.16. The van der Waals surface area contributed by atoms with Crippen molar-refractivity contribution in [2.24, 2.45) is 4.99 Å². The molecule has 26 heavy (non-hydrogen) atoms. The average Bonchev–Trinajstić information content (AvgIpc) is 3.02. The monoisotopic (exact) mass is 392 g/mol. The number of nitrogens with one attached hydrogen (secondary N) is 2. The number of methoxy groups -OCH3 is 1. The van der Waals surface area contributed by atoms with Crippen LogP contribution < -0.4 is 20.3 Å². The third kappa shape index (κ3) is 6.16. The molecule has 0 aliphatic carbocycles. The second-order valence-electron chi connectivity index (χ2n) is 6.02. The Labute approximate surface area is 156 Å². The van der Waals surface area contributed by atoms with Crippen molar-refractivity contribution in [1.82, 2.24) is 10.6 Å². The molecule has 0 radical (unpaired) electrons. The molecule has 146 valence electrons. The molecule has 1 unspecified atom stereocenters. The van der Waals surface area contributed by atoms with Crippen LogP contribution in [-0.4, -0.2) is 51.5 Å². The van der Waals surface area contributed by atoms with Crippen molar-refractivity contribution in [3.8, 4) is 5.75 Å². The largest absolute Gasteiger partial charge is 0.495 e. The standard InChI is InChI=1S/C17H24ClF3N4O/c1-3-22-16(23-8-7-17(19,20)21)24-13-6-9-25(11-13)14-10-12(18)4-5-15(14)26-2/h4-5,10,13H,3,6-9,11H2,1-2H3,(H2,22,23,24). The summed E-state index contributed by atoms with van der Waals surface area (Å²) in [5, 5.41) is 6.82. The second kappa shape index (κ2) is 9.21. The lowest BCUT2D eigenvalue weighted by Gasteiger charge is -2.22. The fraction of sp³-hybridized carbons (Fsp3) is 0.588. The first-order valence-corrected chi connectivity index (χ1v) is 8.90. The molecule has 0 spiro atoms. The number of rotatable bonds is 6. The van der Waals surface area contributed by atoms with E-state index in [1.165, 1.54) is 0 Å². The fourth-order valence-corrected chi connectivity index (χ4v) is 2.98. The lowest BCUT2D eigenvalue weighted by molar-refractivity contribution is -0.132. The molecule has 0 saturated carbocycles. The van der Waals surface area contributed by atoms with E-state index < -0.39 is 12.6 Å². The van der Waals surface area contributed by atoms with Gasteiger partial charge in [0.05, 0.1) is 25.8 Å². The smallest absolute Gasteiger partial charge is 0.390 e. The minimum atomic E-state index is -4.20. The molecule has 0 bridgehead atoms. The van der Waals surface area contributed by atoms with Crippen LogP contribution in [0.1, 0.15) is 19.8 Å². The van der Waals surface area contributed by atoms with Crippen LogP contribution in [0.5, 0.6) is 5.75 Å². The van der Waals surface area contributed by atoms with Crippen LogP contribution in [0.2, 0.25) is 5.02 Å². The number of hydrogen-bond acceptors (Lipinski definition) is 3. The van der Waals surface area contributed by atoms with Crippen molar-refractivity contribution in [3.63, 3.8) is 0 Å². The summed E-state index contributed by atoms with van der Waals surface area (Å²) in [5.74, 6) is 1.14. The van der Waals surface area contributed by atoms with E-state index in [0.29, 0.717) is 24.1 Å². The van der Waals surface area contributed by atoms with E-state index >= 15 is 0 Å². The molecule has 1 aromatic carbocycles. The normalized spacial score (nSPS) is 18.2. The summed E-state index contributed by atoms with van der Waals surface area (Å²) in [6.45, 7) is 3.63. The van der Waals surface area contributed by atoms with Crippen LogP contribution >= 0.6 is 11.6 Å². The highest BCUT2D eigenvalue weighted by Gasteiger charge is 2.27. The number of guanidine groups is 1. The molecule has 0 amide bonds. The summed E-state index contributed by atoms with van der Waals surface area (Å²) in [7, 11) is 1.61. The van der Waals surface area contributed by atoms with Gasteiger partial charge in [0.1, 0.15) is 5.75 Å². The minimum absolute atomic E-state index is 0.0716. The van der Waals surface area contributed by atoms with Crippen molar-refractivity contribution in [2.75, 3.05) is 38.2 Å².